The summed E-state index contributed by atoms with van der Waals surface area (Å²) in [6, 6.07) is 13.5. The van der Waals surface area contributed by atoms with Crippen LogP contribution in [0.3, 0.4) is 0 Å². The molecule has 0 N–H and O–H groups in total. The lowest BCUT2D eigenvalue weighted by Crippen LogP contribution is -1.96. The first-order chi connectivity index (χ1) is 8.61. The van der Waals surface area contributed by atoms with E-state index >= 15 is 0 Å². The normalized spacial score (nSPS) is 12.2. The predicted molar refractivity (Wildman–Crippen MR) is 84.9 cm³/mol. The van der Waals surface area contributed by atoms with Gasteiger partial charge in [-0.25, -0.2) is 0 Å². The van der Waals surface area contributed by atoms with Crippen LogP contribution in [0.5, 0.6) is 5.75 Å². The summed E-state index contributed by atoms with van der Waals surface area (Å²) in [5.41, 5.74) is 2.05. The summed E-state index contributed by atoms with van der Waals surface area (Å²) >= 11 is 14.8. The van der Waals surface area contributed by atoms with Gasteiger partial charge in [0, 0.05) is 8.59 Å². The molecule has 1 unspecified atom stereocenters. The van der Waals surface area contributed by atoms with Gasteiger partial charge in [0.1, 0.15) is 5.75 Å². The Labute approximate surface area is 130 Å². The molecule has 1 nitrogen and oxygen atoms in total. The Balaban J connectivity index is 2.34. The maximum Gasteiger partial charge on any atom is 0.118 e. The van der Waals surface area contributed by atoms with E-state index in [0.717, 1.165) is 20.4 Å². The van der Waals surface area contributed by atoms with E-state index in [4.69, 9.17) is 27.9 Å². The van der Waals surface area contributed by atoms with Crippen LogP contribution in [0.2, 0.25) is 5.02 Å². The SMILES string of the molecule is COc1ccc(C(Cl)c2cc(Cl)ccc2I)cc1. The summed E-state index contributed by atoms with van der Waals surface area (Å²) < 4.78 is 6.24. The van der Waals surface area contributed by atoms with Gasteiger partial charge < -0.3 is 4.74 Å². The molecule has 2 aromatic carbocycles. The monoisotopic (exact) mass is 392 g/mol. The van der Waals surface area contributed by atoms with Crippen molar-refractivity contribution in [3.05, 3.63) is 62.2 Å². The maximum atomic E-state index is 6.50. The minimum absolute atomic E-state index is 0.207. The predicted octanol–water partition coefficient (Wildman–Crippen LogP) is 5.28. The van der Waals surface area contributed by atoms with Crippen molar-refractivity contribution in [3.8, 4) is 5.75 Å². The fourth-order valence-electron chi connectivity index (χ4n) is 1.66. The van der Waals surface area contributed by atoms with Gasteiger partial charge in [0.15, 0.2) is 0 Å². The van der Waals surface area contributed by atoms with Crippen LogP contribution in [-0.4, -0.2) is 7.11 Å². The molecule has 0 aliphatic heterocycles. The molecule has 0 radical (unpaired) electrons. The zero-order chi connectivity index (χ0) is 13.1. The van der Waals surface area contributed by atoms with E-state index in [9.17, 15) is 0 Å². The minimum atomic E-state index is -0.207. The molecule has 1 atom stereocenters. The second-order valence-corrected chi connectivity index (χ2v) is 5.84. The van der Waals surface area contributed by atoms with Crippen LogP contribution in [-0.2, 0) is 0 Å². The molecule has 94 valence electrons. The van der Waals surface area contributed by atoms with E-state index in [2.05, 4.69) is 22.6 Å². The molecule has 4 heteroatoms. The lowest BCUT2D eigenvalue weighted by Gasteiger charge is -2.13. The Morgan fingerprint density at radius 3 is 2.39 bits per heavy atom. The first kappa shape index (κ1) is 14.0. The molecule has 0 aliphatic carbocycles. The van der Waals surface area contributed by atoms with Gasteiger partial charge >= 0.3 is 0 Å². The van der Waals surface area contributed by atoms with Crippen LogP contribution in [0, 0.1) is 3.57 Å². The third kappa shape index (κ3) is 3.11. The largest absolute Gasteiger partial charge is 0.497 e. The topological polar surface area (TPSA) is 9.23 Å². The van der Waals surface area contributed by atoms with Gasteiger partial charge in [0.05, 0.1) is 12.5 Å². The average Bonchev–Trinajstić information content (AvgIpc) is 2.41. The molecule has 0 aliphatic rings. The van der Waals surface area contributed by atoms with Crippen molar-refractivity contribution in [3.63, 3.8) is 0 Å². The third-order valence-corrected chi connectivity index (χ3v) is 4.34. The number of hydrogen-bond acceptors (Lipinski definition) is 1. The Kier molecular flexibility index (Phi) is 4.76. The van der Waals surface area contributed by atoms with Crippen molar-refractivity contribution >= 4 is 45.8 Å². The summed E-state index contributed by atoms with van der Waals surface area (Å²) in [7, 11) is 1.65. The number of benzene rings is 2. The van der Waals surface area contributed by atoms with Crippen LogP contribution in [0.1, 0.15) is 16.5 Å². The quantitative estimate of drug-likeness (QED) is 0.510. The molecule has 0 bridgehead atoms. The van der Waals surface area contributed by atoms with Crippen molar-refractivity contribution in [2.24, 2.45) is 0 Å². The standard InChI is InChI=1S/C14H11Cl2IO/c1-18-11-5-2-9(3-6-11)14(16)12-8-10(15)4-7-13(12)17/h2-8,14H,1H3. The molecule has 0 saturated heterocycles. The molecule has 2 aromatic rings. The van der Waals surface area contributed by atoms with Crippen LogP contribution >= 0.6 is 45.8 Å². The van der Waals surface area contributed by atoms with E-state index in [1.807, 2.05) is 42.5 Å². The van der Waals surface area contributed by atoms with Crippen molar-refractivity contribution < 1.29 is 4.74 Å². The Hall–Kier alpha value is -0.450. The zero-order valence-corrected chi connectivity index (χ0v) is 13.3. The maximum absolute atomic E-state index is 6.50. The summed E-state index contributed by atoms with van der Waals surface area (Å²) in [5.74, 6) is 0.823. The lowest BCUT2D eigenvalue weighted by atomic mass is 10.0. The van der Waals surface area contributed by atoms with Gasteiger partial charge in [0.2, 0.25) is 0 Å². The van der Waals surface area contributed by atoms with E-state index in [-0.39, 0.29) is 5.38 Å². The smallest absolute Gasteiger partial charge is 0.118 e. The third-order valence-electron chi connectivity index (χ3n) is 2.64. The van der Waals surface area contributed by atoms with Crippen molar-refractivity contribution in [1.29, 1.82) is 0 Å². The molecule has 0 aromatic heterocycles. The number of rotatable bonds is 3. The summed E-state index contributed by atoms with van der Waals surface area (Å²) in [5, 5.41) is 0.492. The van der Waals surface area contributed by atoms with Crippen molar-refractivity contribution in [1.82, 2.24) is 0 Å². The highest BCUT2D eigenvalue weighted by molar-refractivity contribution is 14.1. The minimum Gasteiger partial charge on any atom is -0.497 e. The number of halogens is 3. The molecular weight excluding hydrogens is 382 g/mol. The van der Waals surface area contributed by atoms with Crippen LogP contribution in [0.15, 0.2) is 42.5 Å². The number of alkyl halides is 1. The van der Waals surface area contributed by atoms with E-state index < -0.39 is 0 Å². The molecule has 0 fully saturated rings. The molecule has 18 heavy (non-hydrogen) atoms. The molecular formula is C14H11Cl2IO. The molecule has 0 spiro atoms. The highest BCUT2D eigenvalue weighted by atomic mass is 127. The van der Waals surface area contributed by atoms with Gasteiger partial charge in [-0.3, -0.25) is 0 Å². The molecule has 0 amide bonds. The summed E-state index contributed by atoms with van der Waals surface area (Å²) in [4.78, 5) is 0. The van der Waals surface area contributed by atoms with Gasteiger partial charge in [-0.1, -0.05) is 23.7 Å². The summed E-state index contributed by atoms with van der Waals surface area (Å²) in [6.07, 6.45) is 0. The molecule has 0 saturated carbocycles. The van der Waals surface area contributed by atoms with Crippen LogP contribution in [0.25, 0.3) is 0 Å². The van der Waals surface area contributed by atoms with Crippen molar-refractivity contribution in [2.45, 2.75) is 5.38 Å². The Bertz CT molecular complexity index is 540. The highest BCUT2D eigenvalue weighted by Crippen LogP contribution is 2.34. The highest BCUT2D eigenvalue weighted by Gasteiger charge is 2.14. The first-order valence-electron chi connectivity index (χ1n) is 5.35. The fraction of sp³-hybridized carbons (Fsp3) is 0.143. The van der Waals surface area contributed by atoms with Gasteiger partial charge in [-0.05, 0) is 64.0 Å². The van der Waals surface area contributed by atoms with E-state index in [1.54, 1.807) is 7.11 Å². The molecule has 2 rings (SSSR count). The number of methoxy groups -OCH3 is 1. The lowest BCUT2D eigenvalue weighted by molar-refractivity contribution is 0.414. The average molecular weight is 393 g/mol. The Morgan fingerprint density at radius 1 is 1.11 bits per heavy atom. The molecule has 0 heterocycles. The zero-order valence-electron chi connectivity index (χ0n) is 9.66. The second kappa shape index (κ2) is 6.13. The van der Waals surface area contributed by atoms with Gasteiger partial charge in [-0.2, -0.15) is 0 Å². The number of ether oxygens (including phenoxy) is 1. The van der Waals surface area contributed by atoms with Crippen LogP contribution < -0.4 is 4.74 Å². The van der Waals surface area contributed by atoms with Gasteiger partial charge in [0.25, 0.3) is 0 Å². The Morgan fingerprint density at radius 2 is 1.78 bits per heavy atom. The fourth-order valence-corrected chi connectivity index (χ4v) is 3.00. The second-order valence-electron chi connectivity index (χ2n) is 3.80. The van der Waals surface area contributed by atoms with Crippen molar-refractivity contribution in [2.75, 3.05) is 7.11 Å². The van der Waals surface area contributed by atoms with E-state index in [1.165, 1.54) is 0 Å². The van der Waals surface area contributed by atoms with Gasteiger partial charge in [-0.15, -0.1) is 11.6 Å². The van der Waals surface area contributed by atoms with Crippen LogP contribution in [0.4, 0.5) is 0 Å². The first-order valence-corrected chi connectivity index (χ1v) is 7.24. The van der Waals surface area contributed by atoms with E-state index in [0.29, 0.717) is 5.02 Å². The number of hydrogen-bond donors (Lipinski definition) is 0. The summed E-state index contributed by atoms with van der Waals surface area (Å²) in [6.45, 7) is 0.